The zero-order valence-electron chi connectivity index (χ0n) is 18.0. The minimum atomic E-state index is -3.58. The second-order valence-corrected chi connectivity index (χ2v) is 9.88. The van der Waals surface area contributed by atoms with Crippen molar-refractivity contribution in [1.82, 2.24) is 9.21 Å². The Hall–Kier alpha value is -2.58. The number of methoxy groups -OCH3 is 2. The van der Waals surface area contributed by atoms with Gasteiger partial charge in [-0.05, 0) is 60.7 Å². The molecule has 0 radical (unpaired) electrons. The van der Waals surface area contributed by atoms with Gasteiger partial charge in [0, 0.05) is 31.7 Å². The third kappa shape index (κ3) is 4.27. The Morgan fingerprint density at radius 3 is 2.26 bits per heavy atom. The molecule has 0 saturated carbocycles. The predicted octanol–water partition coefficient (Wildman–Crippen LogP) is 3.08. The fourth-order valence-corrected chi connectivity index (χ4v) is 5.85. The van der Waals surface area contributed by atoms with Crippen LogP contribution >= 0.6 is 0 Å². The summed E-state index contributed by atoms with van der Waals surface area (Å²) in [6.07, 6.45) is 3.50. The second-order valence-electron chi connectivity index (χ2n) is 7.95. The lowest BCUT2D eigenvalue weighted by Gasteiger charge is -2.30. The number of amides is 1. The molecule has 7 nitrogen and oxygen atoms in total. The monoisotopic (exact) mass is 444 g/mol. The molecule has 2 aromatic rings. The van der Waals surface area contributed by atoms with E-state index < -0.39 is 10.0 Å². The molecule has 0 N–H and O–H groups in total. The lowest BCUT2D eigenvalue weighted by molar-refractivity contribution is 0.0734. The maximum Gasteiger partial charge on any atom is 0.254 e. The number of benzene rings is 2. The predicted molar refractivity (Wildman–Crippen MR) is 117 cm³/mol. The molecule has 31 heavy (non-hydrogen) atoms. The van der Waals surface area contributed by atoms with Crippen LogP contribution in [-0.2, 0) is 23.0 Å². The zero-order chi connectivity index (χ0) is 22.0. The van der Waals surface area contributed by atoms with Crippen molar-refractivity contribution in [2.24, 2.45) is 0 Å². The number of carbonyl (C=O) groups excluding carboxylic acids is 1. The van der Waals surface area contributed by atoms with Crippen molar-refractivity contribution >= 4 is 15.9 Å². The Morgan fingerprint density at radius 2 is 1.58 bits per heavy atom. The van der Waals surface area contributed by atoms with E-state index in [1.54, 1.807) is 37.3 Å². The van der Waals surface area contributed by atoms with Crippen LogP contribution in [0.3, 0.4) is 0 Å². The van der Waals surface area contributed by atoms with Gasteiger partial charge in [-0.15, -0.1) is 0 Å². The Bertz CT molecular complexity index is 1080. The minimum absolute atomic E-state index is 0.170. The Kier molecular flexibility index (Phi) is 6.20. The summed E-state index contributed by atoms with van der Waals surface area (Å²) in [5, 5.41) is 0. The smallest absolute Gasteiger partial charge is 0.254 e. The van der Waals surface area contributed by atoms with Crippen molar-refractivity contribution in [3.63, 3.8) is 0 Å². The molecule has 2 heterocycles. The molecule has 2 aliphatic rings. The number of rotatable bonds is 5. The van der Waals surface area contributed by atoms with Crippen LogP contribution in [0.1, 0.15) is 40.7 Å². The van der Waals surface area contributed by atoms with Gasteiger partial charge in [-0.2, -0.15) is 4.31 Å². The molecular weight excluding hydrogens is 416 g/mol. The van der Waals surface area contributed by atoms with Crippen LogP contribution in [0.15, 0.2) is 41.3 Å². The fraction of sp³-hybridized carbons (Fsp3) is 0.435. The topological polar surface area (TPSA) is 76.1 Å². The molecule has 0 bridgehead atoms. The van der Waals surface area contributed by atoms with Crippen molar-refractivity contribution in [1.29, 1.82) is 0 Å². The van der Waals surface area contributed by atoms with Crippen LogP contribution in [0.4, 0.5) is 0 Å². The number of hydrogen-bond acceptors (Lipinski definition) is 5. The SMILES string of the molecule is COc1cc2c(cc1OC)CN(C(=O)c1cccc(S(=O)(=O)N3CCCCC3)c1)CC2. The summed E-state index contributed by atoms with van der Waals surface area (Å²) in [6, 6.07) is 10.3. The van der Waals surface area contributed by atoms with E-state index in [0.717, 1.165) is 30.4 Å². The van der Waals surface area contributed by atoms with E-state index in [-0.39, 0.29) is 10.8 Å². The van der Waals surface area contributed by atoms with Gasteiger partial charge in [0.1, 0.15) is 0 Å². The van der Waals surface area contributed by atoms with E-state index in [9.17, 15) is 13.2 Å². The number of piperidine rings is 1. The van der Waals surface area contributed by atoms with Gasteiger partial charge < -0.3 is 14.4 Å². The van der Waals surface area contributed by atoms with Gasteiger partial charge in [0.25, 0.3) is 5.91 Å². The maximum absolute atomic E-state index is 13.2. The fourth-order valence-electron chi connectivity index (χ4n) is 4.28. The lowest BCUT2D eigenvalue weighted by Crippen LogP contribution is -2.37. The number of nitrogens with zero attached hydrogens (tertiary/aromatic N) is 2. The van der Waals surface area contributed by atoms with Crippen LogP contribution in [0.5, 0.6) is 11.5 Å². The Morgan fingerprint density at radius 1 is 0.903 bits per heavy atom. The second kappa shape index (κ2) is 8.88. The molecule has 0 spiro atoms. The van der Waals surface area contributed by atoms with Gasteiger partial charge in [0.2, 0.25) is 10.0 Å². The Labute approximate surface area is 183 Å². The van der Waals surface area contributed by atoms with Crippen molar-refractivity contribution in [3.8, 4) is 11.5 Å². The molecule has 1 fully saturated rings. The molecule has 1 amide bonds. The zero-order valence-corrected chi connectivity index (χ0v) is 18.8. The van der Waals surface area contributed by atoms with Gasteiger partial charge >= 0.3 is 0 Å². The van der Waals surface area contributed by atoms with Crippen molar-refractivity contribution < 1.29 is 22.7 Å². The van der Waals surface area contributed by atoms with Gasteiger partial charge in [0.05, 0.1) is 19.1 Å². The molecule has 1 saturated heterocycles. The molecule has 0 unspecified atom stereocenters. The molecule has 2 aliphatic heterocycles. The molecule has 0 atom stereocenters. The quantitative estimate of drug-likeness (QED) is 0.708. The van der Waals surface area contributed by atoms with E-state index >= 15 is 0 Å². The number of ether oxygens (including phenoxy) is 2. The summed E-state index contributed by atoms with van der Waals surface area (Å²) in [4.78, 5) is 15.1. The lowest BCUT2D eigenvalue weighted by atomic mass is 9.98. The normalized spacial score (nSPS) is 17.2. The highest BCUT2D eigenvalue weighted by molar-refractivity contribution is 7.89. The average Bonchev–Trinajstić information content (AvgIpc) is 2.82. The van der Waals surface area contributed by atoms with E-state index in [2.05, 4.69) is 0 Å². The van der Waals surface area contributed by atoms with Gasteiger partial charge in [-0.25, -0.2) is 8.42 Å². The largest absolute Gasteiger partial charge is 0.493 e. The van der Waals surface area contributed by atoms with Crippen LogP contribution in [0.25, 0.3) is 0 Å². The minimum Gasteiger partial charge on any atom is -0.493 e. The molecule has 4 rings (SSSR count). The summed E-state index contributed by atoms with van der Waals surface area (Å²) in [5.74, 6) is 1.14. The highest BCUT2D eigenvalue weighted by Gasteiger charge is 2.28. The van der Waals surface area contributed by atoms with Crippen molar-refractivity contribution in [3.05, 3.63) is 53.1 Å². The number of carbonyl (C=O) groups is 1. The first-order valence-corrected chi connectivity index (χ1v) is 12.0. The summed E-state index contributed by atoms with van der Waals surface area (Å²) >= 11 is 0. The standard InChI is InChI=1S/C23H28N2O5S/c1-29-21-14-17-9-12-24(16-19(17)15-22(21)30-2)23(26)18-7-6-8-20(13-18)31(27,28)25-10-4-3-5-11-25/h6-8,13-15H,3-5,9-12,16H2,1-2H3. The number of sulfonamides is 1. The van der Waals surface area contributed by atoms with E-state index in [4.69, 9.17) is 9.47 Å². The van der Waals surface area contributed by atoms with Crippen LogP contribution in [-0.4, -0.2) is 57.4 Å². The highest BCUT2D eigenvalue weighted by Crippen LogP contribution is 2.33. The third-order valence-corrected chi connectivity index (χ3v) is 7.93. The van der Waals surface area contributed by atoms with Gasteiger partial charge in [-0.3, -0.25) is 4.79 Å². The van der Waals surface area contributed by atoms with Crippen LogP contribution < -0.4 is 9.47 Å². The highest BCUT2D eigenvalue weighted by atomic mass is 32.2. The first kappa shape index (κ1) is 21.6. The molecule has 166 valence electrons. The number of hydrogen-bond donors (Lipinski definition) is 0. The molecule has 0 aromatic heterocycles. The maximum atomic E-state index is 13.2. The van der Waals surface area contributed by atoms with Crippen LogP contribution in [0.2, 0.25) is 0 Å². The molecule has 8 heteroatoms. The summed E-state index contributed by atoms with van der Waals surface area (Å²) in [6.45, 7) is 2.07. The first-order valence-electron chi connectivity index (χ1n) is 10.6. The summed E-state index contributed by atoms with van der Waals surface area (Å²) in [5.41, 5.74) is 2.53. The van der Waals surface area contributed by atoms with Crippen molar-refractivity contribution in [2.75, 3.05) is 33.9 Å². The van der Waals surface area contributed by atoms with Gasteiger partial charge in [-0.1, -0.05) is 12.5 Å². The summed E-state index contributed by atoms with van der Waals surface area (Å²) in [7, 11) is -0.389. The van der Waals surface area contributed by atoms with E-state index in [1.165, 1.54) is 10.4 Å². The van der Waals surface area contributed by atoms with E-state index in [1.807, 2.05) is 12.1 Å². The Balaban J connectivity index is 1.56. The summed E-state index contributed by atoms with van der Waals surface area (Å²) < 4.78 is 38.3. The van der Waals surface area contributed by atoms with E-state index in [0.29, 0.717) is 49.7 Å². The van der Waals surface area contributed by atoms with Crippen LogP contribution in [0, 0.1) is 0 Å². The number of fused-ring (bicyclic) bond motifs is 1. The molecule has 2 aromatic carbocycles. The molecule has 0 aliphatic carbocycles. The van der Waals surface area contributed by atoms with Crippen molar-refractivity contribution in [2.45, 2.75) is 37.1 Å². The average molecular weight is 445 g/mol. The van der Waals surface area contributed by atoms with Gasteiger partial charge in [0.15, 0.2) is 11.5 Å². The first-order chi connectivity index (χ1) is 14.9. The molecular formula is C23H28N2O5S. The third-order valence-electron chi connectivity index (χ3n) is 6.04.